The molecule has 0 rings (SSSR count). The van der Waals surface area contributed by atoms with Crippen LogP contribution in [0.2, 0.25) is 0 Å². The van der Waals surface area contributed by atoms with Gasteiger partial charge in [-0.2, -0.15) is 0 Å². The first kappa shape index (κ1) is 11.4. The van der Waals surface area contributed by atoms with Gasteiger partial charge in [0.25, 0.3) is 0 Å². The Kier molecular flexibility index (Phi) is 8.81. The molecule has 0 spiro atoms. The second-order valence-corrected chi connectivity index (χ2v) is 4.38. The van der Waals surface area contributed by atoms with E-state index in [4.69, 9.17) is 17.3 Å². The number of aliphatic hydroxyl groups is 1. The smallest absolute Gasteiger partial charge is 0.0842 e. The van der Waals surface area contributed by atoms with Gasteiger partial charge in [0.1, 0.15) is 0 Å². The molecule has 0 saturated heterocycles. The van der Waals surface area contributed by atoms with Crippen molar-refractivity contribution in [2.75, 3.05) is 12.4 Å². The third kappa shape index (κ3) is 8.30. The molecule has 0 bridgehead atoms. The third-order valence-electron chi connectivity index (χ3n) is 1.39. The second-order valence-electron chi connectivity index (χ2n) is 2.44. The van der Waals surface area contributed by atoms with Gasteiger partial charge in [0.05, 0.1) is 10.8 Å². The maximum atomic E-state index is 8.58. The van der Waals surface area contributed by atoms with Crippen molar-refractivity contribution in [2.45, 2.75) is 32.6 Å². The van der Waals surface area contributed by atoms with E-state index < -0.39 is 0 Å². The fourth-order valence-electron chi connectivity index (χ4n) is 0.760. The number of thioether (sulfide) groups is 1. The fourth-order valence-corrected chi connectivity index (χ4v) is 1.68. The van der Waals surface area contributed by atoms with Crippen molar-refractivity contribution >= 4 is 28.2 Å². The Morgan fingerprint density at radius 1 is 1.36 bits per heavy atom. The molecular weight excluding hydrogens is 176 g/mol. The maximum Gasteiger partial charge on any atom is 0.0842 e. The Bertz CT molecular complexity index is 104. The first-order valence-electron chi connectivity index (χ1n) is 4.07. The maximum absolute atomic E-state index is 8.58. The molecule has 0 aliphatic rings. The number of unbranched alkanes of at least 4 members (excludes halogenated alkanes) is 3. The van der Waals surface area contributed by atoms with E-state index >= 15 is 0 Å². The molecule has 1 nitrogen and oxygen atoms in total. The van der Waals surface area contributed by atoms with Crippen molar-refractivity contribution in [3.05, 3.63) is 0 Å². The number of thiocarbonyl (C=S) groups is 1. The highest BCUT2D eigenvalue weighted by molar-refractivity contribution is 8.23. The van der Waals surface area contributed by atoms with Gasteiger partial charge in [-0.25, -0.2) is 0 Å². The van der Waals surface area contributed by atoms with Gasteiger partial charge in [-0.05, 0) is 12.2 Å². The summed E-state index contributed by atoms with van der Waals surface area (Å²) in [6, 6.07) is 0. The van der Waals surface area contributed by atoms with Crippen molar-refractivity contribution in [3.8, 4) is 0 Å². The molecule has 1 N–H and O–H groups in total. The molecule has 0 radical (unpaired) electrons. The van der Waals surface area contributed by atoms with Gasteiger partial charge in [0.2, 0.25) is 0 Å². The standard InChI is InChI=1S/C8H16OS2/c1-2-3-4-5-6-11-8(10)7-9/h9H,2-7H2,1H3. The lowest BCUT2D eigenvalue weighted by Gasteiger charge is -1.99. The first-order chi connectivity index (χ1) is 5.31. The molecule has 0 atom stereocenters. The Balaban J connectivity index is 2.95. The lowest BCUT2D eigenvalue weighted by molar-refractivity contribution is 0.362. The predicted molar refractivity (Wildman–Crippen MR) is 56.3 cm³/mol. The van der Waals surface area contributed by atoms with Crippen LogP contribution >= 0.6 is 24.0 Å². The van der Waals surface area contributed by atoms with Gasteiger partial charge in [0, 0.05) is 0 Å². The van der Waals surface area contributed by atoms with Gasteiger partial charge in [0.15, 0.2) is 0 Å². The predicted octanol–water partition coefficient (Wildman–Crippen LogP) is 2.62. The van der Waals surface area contributed by atoms with Gasteiger partial charge >= 0.3 is 0 Å². The molecule has 0 saturated carbocycles. The topological polar surface area (TPSA) is 20.2 Å². The van der Waals surface area contributed by atoms with Crippen molar-refractivity contribution < 1.29 is 5.11 Å². The van der Waals surface area contributed by atoms with E-state index in [9.17, 15) is 0 Å². The number of hydrogen-bond acceptors (Lipinski definition) is 3. The minimum absolute atomic E-state index is 0.0494. The summed E-state index contributed by atoms with van der Waals surface area (Å²) in [6.07, 6.45) is 5.09. The van der Waals surface area contributed by atoms with E-state index in [0.717, 1.165) is 9.95 Å². The summed E-state index contributed by atoms with van der Waals surface area (Å²) in [4.78, 5) is 0. The number of rotatable bonds is 6. The zero-order valence-corrected chi connectivity index (χ0v) is 8.64. The summed E-state index contributed by atoms with van der Waals surface area (Å²) < 4.78 is 0.724. The molecule has 11 heavy (non-hydrogen) atoms. The summed E-state index contributed by atoms with van der Waals surface area (Å²) >= 11 is 6.45. The van der Waals surface area contributed by atoms with Crippen LogP contribution in [0.1, 0.15) is 32.6 Å². The van der Waals surface area contributed by atoms with E-state index in [1.807, 2.05) is 0 Å². The van der Waals surface area contributed by atoms with Gasteiger partial charge in [-0.3, -0.25) is 0 Å². The Hall–Kier alpha value is 0.400. The quantitative estimate of drug-likeness (QED) is 0.516. The molecule has 0 heterocycles. The van der Waals surface area contributed by atoms with Crippen LogP contribution < -0.4 is 0 Å². The minimum Gasteiger partial charge on any atom is -0.390 e. The van der Waals surface area contributed by atoms with Crippen LogP contribution in [0.4, 0.5) is 0 Å². The summed E-state index contributed by atoms with van der Waals surface area (Å²) in [5, 5.41) is 8.58. The zero-order valence-electron chi connectivity index (χ0n) is 7.01. The molecule has 0 aromatic rings. The van der Waals surface area contributed by atoms with Crippen LogP contribution in [0.15, 0.2) is 0 Å². The lowest BCUT2D eigenvalue weighted by Crippen LogP contribution is -1.95. The number of aliphatic hydroxyl groups excluding tert-OH is 1. The van der Waals surface area contributed by atoms with Crippen LogP contribution in [0.3, 0.4) is 0 Å². The van der Waals surface area contributed by atoms with Crippen LogP contribution in [-0.2, 0) is 0 Å². The van der Waals surface area contributed by atoms with Crippen molar-refractivity contribution in [3.63, 3.8) is 0 Å². The average Bonchev–Trinajstić information content (AvgIpc) is 2.04. The Morgan fingerprint density at radius 2 is 2.09 bits per heavy atom. The minimum atomic E-state index is 0.0494. The summed E-state index contributed by atoms with van der Waals surface area (Å²) in [5.74, 6) is 1.07. The van der Waals surface area contributed by atoms with E-state index in [2.05, 4.69) is 6.92 Å². The molecule has 0 aromatic heterocycles. The molecule has 0 aliphatic heterocycles. The van der Waals surface area contributed by atoms with Gasteiger partial charge in [-0.15, -0.1) is 11.8 Å². The average molecular weight is 192 g/mol. The van der Waals surface area contributed by atoms with Gasteiger partial charge < -0.3 is 5.11 Å². The van der Waals surface area contributed by atoms with Gasteiger partial charge in [-0.1, -0.05) is 38.4 Å². The Morgan fingerprint density at radius 3 is 2.64 bits per heavy atom. The van der Waals surface area contributed by atoms with E-state index in [-0.39, 0.29) is 6.61 Å². The summed E-state index contributed by atoms with van der Waals surface area (Å²) in [7, 11) is 0. The molecule has 0 aliphatic carbocycles. The first-order valence-corrected chi connectivity index (χ1v) is 5.47. The van der Waals surface area contributed by atoms with Crippen LogP contribution in [-0.4, -0.2) is 21.7 Å². The lowest BCUT2D eigenvalue weighted by atomic mass is 10.2. The normalized spacial score (nSPS) is 10.0. The van der Waals surface area contributed by atoms with Crippen molar-refractivity contribution in [1.29, 1.82) is 0 Å². The summed E-state index contributed by atoms with van der Waals surface area (Å²) in [6.45, 7) is 2.25. The molecular formula is C8H16OS2. The SMILES string of the molecule is CCCCCCSC(=S)CO. The van der Waals surface area contributed by atoms with E-state index in [0.29, 0.717) is 0 Å². The zero-order chi connectivity index (χ0) is 8.53. The van der Waals surface area contributed by atoms with Crippen molar-refractivity contribution in [1.82, 2.24) is 0 Å². The van der Waals surface area contributed by atoms with Crippen LogP contribution in [0, 0.1) is 0 Å². The highest BCUT2D eigenvalue weighted by Gasteiger charge is 1.94. The fraction of sp³-hybridized carbons (Fsp3) is 0.875. The second kappa shape index (κ2) is 8.50. The molecule has 66 valence electrons. The highest BCUT2D eigenvalue weighted by atomic mass is 32.2. The monoisotopic (exact) mass is 192 g/mol. The molecule has 0 unspecified atom stereocenters. The molecule has 0 amide bonds. The molecule has 0 fully saturated rings. The molecule has 3 heteroatoms. The largest absolute Gasteiger partial charge is 0.390 e. The van der Waals surface area contributed by atoms with E-state index in [1.165, 1.54) is 25.7 Å². The third-order valence-corrected chi connectivity index (χ3v) is 2.82. The van der Waals surface area contributed by atoms with Crippen molar-refractivity contribution in [2.24, 2.45) is 0 Å². The highest BCUT2D eigenvalue weighted by Crippen LogP contribution is 2.09. The van der Waals surface area contributed by atoms with Crippen LogP contribution in [0.5, 0.6) is 0 Å². The van der Waals surface area contributed by atoms with E-state index in [1.54, 1.807) is 11.8 Å². The van der Waals surface area contributed by atoms with Crippen LogP contribution in [0.25, 0.3) is 0 Å². The summed E-state index contributed by atoms with van der Waals surface area (Å²) in [5.41, 5.74) is 0. The Labute approximate surface area is 78.6 Å². The number of hydrogen-bond donors (Lipinski definition) is 1. The molecule has 0 aromatic carbocycles.